The standard InChI is InChI=1S/C17H20N2O3S/c1-4-14-11(3)23-17(18-14)19-16(21)10-22-13-8-6-12(7-9-13)15(20)5-2/h6-9H,4-5,10H2,1-3H3,(H,18,19,21). The summed E-state index contributed by atoms with van der Waals surface area (Å²) in [5, 5.41) is 3.33. The predicted octanol–water partition coefficient (Wildman–Crippen LogP) is 3.62. The molecule has 5 nitrogen and oxygen atoms in total. The maximum absolute atomic E-state index is 11.9. The molecule has 0 aliphatic rings. The fraction of sp³-hybridized carbons (Fsp3) is 0.353. The lowest BCUT2D eigenvalue weighted by Gasteiger charge is -2.06. The number of aryl methyl sites for hydroxylation is 2. The van der Waals surface area contributed by atoms with Gasteiger partial charge in [-0.1, -0.05) is 13.8 Å². The Balaban J connectivity index is 1.87. The highest BCUT2D eigenvalue weighted by atomic mass is 32.1. The second-order valence-corrected chi connectivity index (χ2v) is 6.22. The minimum absolute atomic E-state index is 0.0835. The van der Waals surface area contributed by atoms with Crippen LogP contribution in [0.1, 0.15) is 41.2 Å². The van der Waals surface area contributed by atoms with Crippen molar-refractivity contribution >= 4 is 28.2 Å². The smallest absolute Gasteiger partial charge is 0.264 e. The average molecular weight is 332 g/mol. The molecule has 0 saturated carbocycles. The fourth-order valence-corrected chi connectivity index (χ4v) is 2.97. The lowest BCUT2D eigenvalue weighted by Crippen LogP contribution is -2.20. The van der Waals surface area contributed by atoms with Crippen molar-refractivity contribution < 1.29 is 14.3 Å². The van der Waals surface area contributed by atoms with Crippen LogP contribution in [0.5, 0.6) is 5.75 Å². The van der Waals surface area contributed by atoms with Crippen LogP contribution in [0.25, 0.3) is 0 Å². The molecule has 1 aromatic heterocycles. The Morgan fingerprint density at radius 1 is 1.22 bits per heavy atom. The number of Topliss-reactive ketones (excluding diaryl/α,β-unsaturated/α-hetero) is 1. The summed E-state index contributed by atoms with van der Waals surface area (Å²) in [5.74, 6) is 0.382. The van der Waals surface area contributed by atoms with Crippen molar-refractivity contribution in [2.75, 3.05) is 11.9 Å². The number of anilines is 1. The third kappa shape index (κ3) is 4.63. The van der Waals surface area contributed by atoms with Gasteiger partial charge in [0.2, 0.25) is 0 Å². The van der Waals surface area contributed by atoms with Gasteiger partial charge in [0.1, 0.15) is 5.75 Å². The Labute approximate surface area is 139 Å². The molecule has 122 valence electrons. The molecule has 0 aliphatic heterocycles. The Morgan fingerprint density at radius 2 is 1.91 bits per heavy atom. The number of amides is 1. The highest BCUT2D eigenvalue weighted by molar-refractivity contribution is 7.15. The maximum Gasteiger partial charge on any atom is 0.264 e. The van der Waals surface area contributed by atoms with Gasteiger partial charge >= 0.3 is 0 Å². The summed E-state index contributed by atoms with van der Waals surface area (Å²) < 4.78 is 5.43. The number of benzene rings is 1. The van der Waals surface area contributed by atoms with E-state index in [1.54, 1.807) is 24.3 Å². The zero-order valence-electron chi connectivity index (χ0n) is 13.5. The first-order valence-corrected chi connectivity index (χ1v) is 8.37. The molecule has 6 heteroatoms. The van der Waals surface area contributed by atoms with Gasteiger partial charge in [-0.3, -0.25) is 14.9 Å². The summed E-state index contributed by atoms with van der Waals surface area (Å²) in [6, 6.07) is 6.80. The Morgan fingerprint density at radius 3 is 2.48 bits per heavy atom. The quantitative estimate of drug-likeness (QED) is 0.786. The van der Waals surface area contributed by atoms with E-state index in [-0.39, 0.29) is 18.3 Å². The molecule has 1 aromatic carbocycles. The Hall–Kier alpha value is -2.21. The number of hydrogen-bond acceptors (Lipinski definition) is 5. The molecule has 2 aromatic rings. The highest BCUT2D eigenvalue weighted by Gasteiger charge is 2.10. The first-order chi connectivity index (χ1) is 11.0. The summed E-state index contributed by atoms with van der Waals surface area (Å²) in [4.78, 5) is 28.9. The number of carbonyl (C=O) groups excluding carboxylic acids is 2. The normalized spacial score (nSPS) is 10.4. The van der Waals surface area contributed by atoms with Crippen LogP contribution in [-0.4, -0.2) is 23.3 Å². The molecule has 2 rings (SSSR count). The number of nitrogens with zero attached hydrogens (tertiary/aromatic N) is 1. The van der Waals surface area contributed by atoms with Crippen LogP contribution < -0.4 is 10.1 Å². The molecule has 0 spiro atoms. The highest BCUT2D eigenvalue weighted by Crippen LogP contribution is 2.22. The van der Waals surface area contributed by atoms with Crippen molar-refractivity contribution in [2.24, 2.45) is 0 Å². The van der Waals surface area contributed by atoms with E-state index in [0.717, 1.165) is 17.0 Å². The SMILES string of the molecule is CCC(=O)c1ccc(OCC(=O)Nc2nc(CC)c(C)s2)cc1. The van der Waals surface area contributed by atoms with Gasteiger partial charge in [0.25, 0.3) is 5.91 Å². The van der Waals surface area contributed by atoms with Crippen molar-refractivity contribution in [3.63, 3.8) is 0 Å². The molecule has 0 saturated heterocycles. The fourth-order valence-electron chi connectivity index (χ4n) is 2.05. The molecule has 0 fully saturated rings. The summed E-state index contributed by atoms with van der Waals surface area (Å²) in [7, 11) is 0. The van der Waals surface area contributed by atoms with Crippen LogP contribution >= 0.6 is 11.3 Å². The Bertz CT molecular complexity index is 692. The van der Waals surface area contributed by atoms with Gasteiger partial charge in [0, 0.05) is 16.9 Å². The average Bonchev–Trinajstić information content (AvgIpc) is 2.92. The molecule has 0 atom stereocenters. The molecule has 1 N–H and O–H groups in total. The number of hydrogen-bond donors (Lipinski definition) is 1. The monoisotopic (exact) mass is 332 g/mol. The van der Waals surface area contributed by atoms with E-state index in [9.17, 15) is 9.59 Å². The molecular formula is C17H20N2O3S. The maximum atomic E-state index is 11.9. The largest absolute Gasteiger partial charge is 0.484 e. The molecule has 23 heavy (non-hydrogen) atoms. The molecule has 1 amide bonds. The summed E-state index contributed by atoms with van der Waals surface area (Å²) in [5.41, 5.74) is 1.65. The van der Waals surface area contributed by atoms with Crippen molar-refractivity contribution in [2.45, 2.75) is 33.6 Å². The topological polar surface area (TPSA) is 68.3 Å². The third-order valence-corrected chi connectivity index (χ3v) is 4.27. The van der Waals surface area contributed by atoms with Crippen molar-refractivity contribution in [3.05, 3.63) is 40.4 Å². The van der Waals surface area contributed by atoms with E-state index < -0.39 is 0 Å². The number of rotatable bonds is 7. The zero-order valence-corrected chi connectivity index (χ0v) is 14.3. The molecule has 0 radical (unpaired) electrons. The van der Waals surface area contributed by atoms with Crippen LogP contribution in [0.15, 0.2) is 24.3 Å². The first kappa shape index (κ1) is 17.1. The van der Waals surface area contributed by atoms with E-state index >= 15 is 0 Å². The van der Waals surface area contributed by atoms with E-state index in [0.29, 0.717) is 22.9 Å². The van der Waals surface area contributed by atoms with Gasteiger partial charge < -0.3 is 4.74 Å². The van der Waals surface area contributed by atoms with Gasteiger partial charge in [-0.05, 0) is 37.6 Å². The van der Waals surface area contributed by atoms with Crippen LogP contribution in [0.3, 0.4) is 0 Å². The number of ketones is 1. The van der Waals surface area contributed by atoms with E-state index in [1.165, 1.54) is 11.3 Å². The second-order valence-electron chi connectivity index (χ2n) is 5.01. The number of carbonyl (C=O) groups is 2. The summed E-state index contributed by atoms with van der Waals surface area (Å²) in [6.07, 6.45) is 1.31. The number of thiazole rings is 1. The van der Waals surface area contributed by atoms with Gasteiger partial charge in [-0.25, -0.2) is 4.98 Å². The second kappa shape index (κ2) is 7.87. The minimum atomic E-state index is -0.255. The van der Waals surface area contributed by atoms with Crippen LogP contribution in [-0.2, 0) is 11.2 Å². The van der Waals surface area contributed by atoms with E-state index in [2.05, 4.69) is 10.3 Å². The molecule has 1 heterocycles. The van der Waals surface area contributed by atoms with Gasteiger partial charge in [0.15, 0.2) is 17.5 Å². The predicted molar refractivity (Wildman–Crippen MR) is 91.4 cm³/mol. The number of nitrogens with one attached hydrogen (secondary N) is 1. The zero-order chi connectivity index (χ0) is 16.8. The molecule has 0 unspecified atom stereocenters. The van der Waals surface area contributed by atoms with Gasteiger partial charge in [-0.15, -0.1) is 11.3 Å². The van der Waals surface area contributed by atoms with Crippen molar-refractivity contribution in [1.29, 1.82) is 0 Å². The molecule has 0 aliphatic carbocycles. The molecular weight excluding hydrogens is 312 g/mol. The van der Waals surface area contributed by atoms with Crippen molar-refractivity contribution in [1.82, 2.24) is 4.98 Å². The minimum Gasteiger partial charge on any atom is -0.484 e. The van der Waals surface area contributed by atoms with Gasteiger partial charge in [-0.2, -0.15) is 0 Å². The number of aromatic nitrogens is 1. The Kier molecular flexibility index (Phi) is 5.87. The van der Waals surface area contributed by atoms with Crippen LogP contribution in [0.4, 0.5) is 5.13 Å². The van der Waals surface area contributed by atoms with Crippen molar-refractivity contribution in [3.8, 4) is 5.75 Å². The van der Waals surface area contributed by atoms with Crippen LogP contribution in [0.2, 0.25) is 0 Å². The lowest BCUT2D eigenvalue weighted by molar-refractivity contribution is -0.118. The summed E-state index contributed by atoms with van der Waals surface area (Å²) >= 11 is 1.46. The number of ether oxygens (including phenoxy) is 1. The lowest BCUT2D eigenvalue weighted by atomic mass is 10.1. The van der Waals surface area contributed by atoms with E-state index in [1.807, 2.05) is 20.8 Å². The van der Waals surface area contributed by atoms with E-state index in [4.69, 9.17) is 4.74 Å². The van der Waals surface area contributed by atoms with Crippen LogP contribution in [0, 0.1) is 6.92 Å². The van der Waals surface area contributed by atoms with Gasteiger partial charge in [0.05, 0.1) is 5.69 Å². The molecule has 0 bridgehead atoms. The summed E-state index contributed by atoms with van der Waals surface area (Å²) in [6.45, 7) is 5.74. The first-order valence-electron chi connectivity index (χ1n) is 7.55. The third-order valence-electron chi connectivity index (χ3n) is 3.34.